The number of hydrogen-bond acceptors (Lipinski definition) is 6. The van der Waals surface area contributed by atoms with E-state index < -0.39 is 46.5 Å². The fourth-order valence-corrected chi connectivity index (χ4v) is 4.11. The van der Waals surface area contributed by atoms with Gasteiger partial charge in [-0.2, -0.15) is 0 Å². The third-order valence-corrected chi connectivity index (χ3v) is 5.34. The predicted molar refractivity (Wildman–Crippen MR) is 95.8 cm³/mol. The van der Waals surface area contributed by atoms with Crippen molar-refractivity contribution in [3.8, 4) is 0 Å². The lowest BCUT2D eigenvalue weighted by atomic mass is 10.0. The van der Waals surface area contributed by atoms with Crippen molar-refractivity contribution in [1.82, 2.24) is 5.32 Å². The molecule has 1 aromatic rings. The molecule has 1 heterocycles. The van der Waals surface area contributed by atoms with Crippen LogP contribution < -0.4 is 5.32 Å². The van der Waals surface area contributed by atoms with E-state index in [-0.39, 0.29) is 13.0 Å². The second-order valence-corrected chi connectivity index (χ2v) is 7.42. The Morgan fingerprint density at radius 1 is 1.38 bits per heavy atom. The van der Waals surface area contributed by atoms with E-state index in [4.69, 9.17) is 14.2 Å². The Labute approximate surface area is 155 Å². The molecular formula is C18H23NO6S. The van der Waals surface area contributed by atoms with Crippen LogP contribution in [0.1, 0.15) is 20.3 Å². The van der Waals surface area contributed by atoms with Crippen LogP contribution in [0.15, 0.2) is 47.9 Å². The highest BCUT2D eigenvalue weighted by molar-refractivity contribution is 7.85. The van der Waals surface area contributed by atoms with Crippen LogP contribution in [0.3, 0.4) is 0 Å². The summed E-state index contributed by atoms with van der Waals surface area (Å²) in [7, 11) is -1.43. The highest BCUT2D eigenvalue weighted by atomic mass is 32.2. The number of carbonyl (C=O) groups is 2. The summed E-state index contributed by atoms with van der Waals surface area (Å²) in [5.74, 6) is -0.487. The predicted octanol–water partition coefficient (Wildman–Crippen LogP) is 2.14. The third kappa shape index (κ3) is 5.40. The maximum atomic E-state index is 12.8. The Balaban J connectivity index is 2.15. The van der Waals surface area contributed by atoms with Gasteiger partial charge < -0.3 is 19.5 Å². The van der Waals surface area contributed by atoms with E-state index in [0.29, 0.717) is 4.90 Å². The van der Waals surface area contributed by atoms with Crippen LogP contribution in [-0.4, -0.2) is 46.6 Å². The van der Waals surface area contributed by atoms with Crippen LogP contribution in [0.4, 0.5) is 4.79 Å². The summed E-state index contributed by atoms with van der Waals surface area (Å²) >= 11 is 0. The molecule has 0 bridgehead atoms. The normalized spacial score (nSPS) is 26.4. The van der Waals surface area contributed by atoms with Gasteiger partial charge in [-0.3, -0.25) is 9.00 Å². The summed E-state index contributed by atoms with van der Waals surface area (Å²) in [5.41, 5.74) is -0.649. The Kier molecular flexibility index (Phi) is 7.35. The number of hydrogen-bond donors (Lipinski definition) is 1. The average molecular weight is 381 g/mol. The quantitative estimate of drug-likeness (QED) is 0.600. The van der Waals surface area contributed by atoms with E-state index in [1.54, 1.807) is 31.2 Å². The van der Waals surface area contributed by atoms with Crippen molar-refractivity contribution < 1.29 is 28.0 Å². The lowest BCUT2D eigenvalue weighted by molar-refractivity contribution is -0.165. The molecule has 1 N–H and O–H groups in total. The molecule has 1 saturated heterocycles. The number of alkyl carbamates (subject to hydrolysis) is 1. The number of rotatable bonds is 6. The SMILES string of the molecule is C=CCOC(=O)N[C@H]1CC(S(=O)c2ccccc2)O[C@@H](C)[C@H]1OC(C)=O. The van der Waals surface area contributed by atoms with Gasteiger partial charge in [-0.05, 0) is 19.1 Å². The van der Waals surface area contributed by atoms with Crippen molar-refractivity contribution in [3.63, 3.8) is 0 Å². The van der Waals surface area contributed by atoms with Crippen LogP contribution in [0.25, 0.3) is 0 Å². The zero-order valence-corrected chi connectivity index (χ0v) is 15.6. The van der Waals surface area contributed by atoms with E-state index in [1.807, 2.05) is 6.07 Å². The first kappa shape index (κ1) is 20.1. The van der Waals surface area contributed by atoms with Gasteiger partial charge in [0.1, 0.15) is 18.1 Å². The minimum absolute atomic E-state index is 0.0578. The summed E-state index contributed by atoms with van der Waals surface area (Å²) in [6.45, 7) is 6.54. The van der Waals surface area contributed by atoms with Gasteiger partial charge in [0.25, 0.3) is 0 Å². The summed E-state index contributed by atoms with van der Waals surface area (Å²) in [6.07, 6.45) is -0.246. The Morgan fingerprint density at radius 2 is 2.08 bits per heavy atom. The monoisotopic (exact) mass is 381 g/mol. The average Bonchev–Trinajstić information content (AvgIpc) is 2.62. The molecular weight excluding hydrogens is 358 g/mol. The van der Waals surface area contributed by atoms with E-state index >= 15 is 0 Å². The van der Waals surface area contributed by atoms with Crippen LogP contribution in [-0.2, 0) is 29.8 Å². The van der Waals surface area contributed by atoms with Gasteiger partial charge in [-0.1, -0.05) is 30.9 Å². The van der Waals surface area contributed by atoms with E-state index in [0.717, 1.165) is 0 Å². The molecule has 1 fully saturated rings. The lowest BCUT2D eigenvalue weighted by Crippen LogP contribution is -2.57. The summed E-state index contributed by atoms with van der Waals surface area (Å²) in [4.78, 5) is 23.9. The second kappa shape index (κ2) is 9.49. The van der Waals surface area contributed by atoms with E-state index in [2.05, 4.69) is 11.9 Å². The molecule has 2 unspecified atom stereocenters. The fourth-order valence-electron chi connectivity index (χ4n) is 2.72. The molecule has 26 heavy (non-hydrogen) atoms. The molecule has 1 aromatic carbocycles. The molecule has 0 aliphatic carbocycles. The molecule has 0 saturated carbocycles. The summed E-state index contributed by atoms with van der Waals surface area (Å²) < 4.78 is 28.9. The Morgan fingerprint density at radius 3 is 2.69 bits per heavy atom. The van der Waals surface area contributed by atoms with Crippen molar-refractivity contribution in [2.75, 3.05) is 6.61 Å². The molecule has 142 valence electrons. The summed E-state index contributed by atoms with van der Waals surface area (Å²) in [6, 6.07) is 8.35. The zero-order chi connectivity index (χ0) is 19.1. The van der Waals surface area contributed by atoms with Gasteiger partial charge in [-0.15, -0.1) is 0 Å². The minimum atomic E-state index is -1.43. The molecule has 2 rings (SSSR count). The highest BCUT2D eigenvalue weighted by Gasteiger charge is 2.42. The van der Waals surface area contributed by atoms with Gasteiger partial charge in [0.2, 0.25) is 0 Å². The standard InChI is InChI=1S/C18H23NO6S/c1-4-10-23-18(21)19-15-11-16(24-12(2)17(15)25-13(3)20)26(22)14-8-6-5-7-9-14/h4-9,12,15-17H,1,10-11H2,2-3H3,(H,19,21)/t12-,15-,16?,17+,26?/m0/s1. The Bertz CT molecular complexity index is 665. The molecule has 0 aromatic heterocycles. The van der Waals surface area contributed by atoms with Gasteiger partial charge in [0.15, 0.2) is 0 Å². The van der Waals surface area contributed by atoms with Gasteiger partial charge >= 0.3 is 12.1 Å². The molecule has 8 heteroatoms. The molecule has 0 radical (unpaired) electrons. The highest BCUT2D eigenvalue weighted by Crippen LogP contribution is 2.27. The molecule has 5 atom stereocenters. The fraction of sp³-hybridized carbons (Fsp3) is 0.444. The largest absolute Gasteiger partial charge is 0.458 e. The minimum Gasteiger partial charge on any atom is -0.458 e. The maximum Gasteiger partial charge on any atom is 0.407 e. The van der Waals surface area contributed by atoms with Crippen molar-refractivity contribution in [2.45, 2.75) is 48.8 Å². The number of carbonyl (C=O) groups excluding carboxylic acids is 2. The molecule has 1 aliphatic rings. The molecule has 1 amide bonds. The number of esters is 1. The van der Waals surface area contributed by atoms with Crippen LogP contribution in [0, 0.1) is 0 Å². The molecule has 1 aliphatic heterocycles. The smallest absolute Gasteiger partial charge is 0.407 e. The van der Waals surface area contributed by atoms with Gasteiger partial charge in [-0.25, -0.2) is 4.79 Å². The van der Waals surface area contributed by atoms with E-state index in [1.165, 1.54) is 13.0 Å². The van der Waals surface area contributed by atoms with Crippen LogP contribution in [0.2, 0.25) is 0 Å². The molecule has 0 spiro atoms. The first-order valence-electron chi connectivity index (χ1n) is 8.25. The van der Waals surface area contributed by atoms with Crippen molar-refractivity contribution in [2.24, 2.45) is 0 Å². The summed E-state index contributed by atoms with van der Waals surface area (Å²) in [5, 5.41) is 2.68. The molecule has 7 nitrogen and oxygen atoms in total. The number of amides is 1. The van der Waals surface area contributed by atoms with Crippen molar-refractivity contribution in [1.29, 1.82) is 0 Å². The van der Waals surface area contributed by atoms with Gasteiger partial charge in [0, 0.05) is 18.2 Å². The zero-order valence-electron chi connectivity index (χ0n) is 14.8. The van der Waals surface area contributed by atoms with Crippen molar-refractivity contribution in [3.05, 3.63) is 43.0 Å². The maximum absolute atomic E-state index is 12.8. The topological polar surface area (TPSA) is 90.9 Å². The first-order chi connectivity index (χ1) is 12.4. The lowest BCUT2D eigenvalue weighted by Gasteiger charge is -2.39. The number of ether oxygens (including phenoxy) is 3. The Hall–Kier alpha value is -2.19. The van der Waals surface area contributed by atoms with Crippen LogP contribution in [0.5, 0.6) is 0 Å². The van der Waals surface area contributed by atoms with Crippen LogP contribution >= 0.6 is 0 Å². The van der Waals surface area contributed by atoms with Crippen molar-refractivity contribution >= 4 is 22.9 Å². The van der Waals surface area contributed by atoms with Gasteiger partial charge in [0.05, 0.1) is 22.9 Å². The van der Waals surface area contributed by atoms with E-state index in [9.17, 15) is 13.8 Å². The first-order valence-corrected chi connectivity index (χ1v) is 9.46. The number of benzene rings is 1. The third-order valence-electron chi connectivity index (χ3n) is 3.82. The number of nitrogens with one attached hydrogen (secondary N) is 1. The second-order valence-electron chi connectivity index (χ2n) is 5.83.